The van der Waals surface area contributed by atoms with Gasteiger partial charge in [0.05, 0.1) is 0 Å². The quantitative estimate of drug-likeness (QED) is 0.635. The summed E-state index contributed by atoms with van der Waals surface area (Å²) in [5, 5.41) is 0. The zero-order valence-electron chi connectivity index (χ0n) is 6.66. The Hall–Kier alpha value is -0.830. The number of aryl methyl sites for hydroxylation is 2. The van der Waals surface area contributed by atoms with Gasteiger partial charge in [0, 0.05) is 23.0 Å². The van der Waals surface area contributed by atoms with E-state index in [1.807, 2.05) is 12.4 Å². The second-order valence-electron chi connectivity index (χ2n) is 2.54. The van der Waals surface area contributed by atoms with Crippen LogP contribution in [0.5, 0.6) is 0 Å². The second kappa shape index (κ2) is 2.34. The van der Waals surface area contributed by atoms with Crippen LogP contribution in [0.15, 0.2) is 12.4 Å². The third-order valence-electron chi connectivity index (χ3n) is 1.91. The summed E-state index contributed by atoms with van der Waals surface area (Å²) < 4.78 is 2.14. The van der Waals surface area contributed by atoms with Crippen molar-refractivity contribution in [2.45, 2.75) is 20.3 Å². The molecule has 0 spiro atoms. The molecule has 58 valence electrons. The van der Waals surface area contributed by atoms with Gasteiger partial charge < -0.3 is 0 Å². The Balaban J connectivity index is 2.76. The molecule has 0 saturated carbocycles. The number of rotatable bonds is 1. The highest BCUT2D eigenvalue weighted by Crippen LogP contribution is 2.21. The minimum absolute atomic E-state index is 1.11. The van der Waals surface area contributed by atoms with Crippen molar-refractivity contribution in [3.63, 3.8) is 0 Å². The van der Waals surface area contributed by atoms with Gasteiger partial charge in [-0.05, 0) is 13.3 Å². The van der Waals surface area contributed by atoms with Crippen molar-refractivity contribution in [3.05, 3.63) is 23.0 Å². The van der Waals surface area contributed by atoms with Crippen LogP contribution in [0.25, 0.3) is 4.96 Å². The van der Waals surface area contributed by atoms with Crippen LogP contribution in [-0.4, -0.2) is 9.38 Å². The summed E-state index contributed by atoms with van der Waals surface area (Å²) in [4.78, 5) is 6.78. The summed E-state index contributed by atoms with van der Waals surface area (Å²) in [6, 6.07) is 0. The molecule has 0 saturated heterocycles. The third-order valence-corrected chi connectivity index (χ3v) is 3.22. The van der Waals surface area contributed by atoms with Gasteiger partial charge in [0.15, 0.2) is 4.96 Å². The molecule has 0 fully saturated rings. The van der Waals surface area contributed by atoms with Crippen LogP contribution in [0, 0.1) is 6.92 Å². The Morgan fingerprint density at radius 2 is 2.45 bits per heavy atom. The second-order valence-corrected chi connectivity index (χ2v) is 3.61. The van der Waals surface area contributed by atoms with E-state index in [-0.39, 0.29) is 0 Å². The van der Waals surface area contributed by atoms with Gasteiger partial charge in [0.2, 0.25) is 0 Å². The van der Waals surface area contributed by atoms with Crippen molar-refractivity contribution in [1.82, 2.24) is 9.38 Å². The maximum absolute atomic E-state index is 4.23. The van der Waals surface area contributed by atoms with E-state index < -0.39 is 0 Å². The number of fused-ring (bicyclic) bond motifs is 1. The first-order chi connectivity index (χ1) is 5.33. The Morgan fingerprint density at radius 1 is 1.64 bits per heavy atom. The zero-order valence-corrected chi connectivity index (χ0v) is 7.48. The molecule has 0 aromatic carbocycles. The number of hydrogen-bond donors (Lipinski definition) is 0. The first-order valence-electron chi connectivity index (χ1n) is 3.74. The lowest BCUT2D eigenvalue weighted by molar-refractivity contribution is 1.06. The molecule has 0 N–H and O–H groups in total. The highest BCUT2D eigenvalue weighted by molar-refractivity contribution is 7.17. The Kier molecular flexibility index (Phi) is 1.46. The fraction of sp³-hybridized carbons (Fsp3) is 0.375. The Morgan fingerprint density at radius 3 is 3.09 bits per heavy atom. The Labute approximate surface area is 69.5 Å². The van der Waals surface area contributed by atoms with Crippen molar-refractivity contribution >= 4 is 16.3 Å². The van der Waals surface area contributed by atoms with Crippen LogP contribution in [0.3, 0.4) is 0 Å². The van der Waals surface area contributed by atoms with Crippen molar-refractivity contribution in [2.75, 3.05) is 0 Å². The molecule has 0 unspecified atom stereocenters. The molecule has 2 rings (SSSR count). The maximum atomic E-state index is 4.23. The minimum atomic E-state index is 1.11. The monoisotopic (exact) mass is 166 g/mol. The summed E-state index contributed by atoms with van der Waals surface area (Å²) in [5.41, 5.74) is 1.34. The normalized spacial score (nSPS) is 11.1. The van der Waals surface area contributed by atoms with E-state index in [1.165, 1.54) is 10.6 Å². The number of imidazole rings is 1. The topological polar surface area (TPSA) is 17.3 Å². The summed E-state index contributed by atoms with van der Waals surface area (Å²) in [6.45, 7) is 4.32. The molecule has 2 aromatic heterocycles. The highest BCUT2D eigenvalue weighted by atomic mass is 32.1. The van der Waals surface area contributed by atoms with E-state index in [2.05, 4.69) is 23.2 Å². The first-order valence-corrected chi connectivity index (χ1v) is 4.56. The lowest BCUT2D eigenvalue weighted by atomic mass is 10.3. The van der Waals surface area contributed by atoms with Crippen molar-refractivity contribution in [3.8, 4) is 0 Å². The van der Waals surface area contributed by atoms with E-state index in [0.29, 0.717) is 0 Å². The summed E-state index contributed by atoms with van der Waals surface area (Å²) in [7, 11) is 0. The zero-order chi connectivity index (χ0) is 7.84. The van der Waals surface area contributed by atoms with Gasteiger partial charge in [0.1, 0.15) is 0 Å². The predicted octanol–water partition coefficient (Wildman–Crippen LogP) is 2.27. The Bertz CT molecular complexity index is 372. The van der Waals surface area contributed by atoms with E-state index in [1.54, 1.807) is 11.3 Å². The molecule has 0 atom stereocenters. The number of hydrogen-bond acceptors (Lipinski definition) is 2. The van der Waals surface area contributed by atoms with Crippen LogP contribution in [-0.2, 0) is 6.42 Å². The molecule has 0 bridgehead atoms. The fourth-order valence-corrected chi connectivity index (χ4v) is 2.29. The standard InChI is InChI=1S/C8H10N2S/c1-3-7-6(2)10-5-4-9-8(10)11-7/h4-5H,3H2,1-2H3. The average Bonchev–Trinajstić information content (AvgIpc) is 2.53. The van der Waals surface area contributed by atoms with Crippen LogP contribution in [0.4, 0.5) is 0 Å². The van der Waals surface area contributed by atoms with E-state index in [9.17, 15) is 0 Å². The molecule has 2 nitrogen and oxygen atoms in total. The molecule has 0 aliphatic rings. The minimum Gasteiger partial charge on any atom is -0.295 e. The fourth-order valence-electron chi connectivity index (χ4n) is 1.27. The number of thiazole rings is 1. The number of aromatic nitrogens is 2. The molecule has 3 heteroatoms. The largest absolute Gasteiger partial charge is 0.295 e. The molecule has 0 radical (unpaired) electrons. The van der Waals surface area contributed by atoms with Crippen molar-refractivity contribution in [1.29, 1.82) is 0 Å². The predicted molar refractivity (Wildman–Crippen MR) is 47.2 cm³/mol. The van der Waals surface area contributed by atoms with Crippen LogP contribution >= 0.6 is 11.3 Å². The molecule has 0 aliphatic carbocycles. The van der Waals surface area contributed by atoms with Gasteiger partial charge in [-0.15, -0.1) is 11.3 Å². The highest BCUT2D eigenvalue weighted by Gasteiger charge is 2.05. The van der Waals surface area contributed by atoms with Gasteiger partial charge in [0.25, 0.3) is 0 Å². The SMILES string of the molecule is CCc1sc2nccn2c1C. The van der Waals surface area contributed by atoms with E-state index in [0.717, 1.165) is 11.4 Å². The number of nitrogens with zero attached hydrogens (tertiary/aromatic N) is 2. The van der Waals surface area contributed by atoms with Crippen molar-refractivity contribution in [2.24, 2.45) is 0 Å². The van der Waals surface area contributed by atoms with Gasteiger partial charge in [-0.1, -0.05) is 6.92 Å². The smallest absolute Gasteiger partial charge is 0.194 e. The van der Waals surface area contributed by atoms with Crippen LogP contribution in [0.1, 0.15) is 17.5 Å². The van der Waals surface area contributed by atoms with Crippen LogP contribution < -0.4 is 0 Å². The average molecular weight is 166 g/mol. The molecule has 2 aromatic rings. The van der Waals surface area contributed by atoms with Gasteiger partial charge in [-0.25, -0.2) is 4.98 Å². The third kappa shape index (κ3) is 0.878. The summed E-state index contributed by atoms with van der Waals surface area (Å²) in [6.07, 6.45) is 4.97. The molecular weight excluding hydrogens is 156 g/mol. The maximum Gasteiger partial charge on any atom is 0.194 e. The van der Waals surface area contributed by atoms with Gasteiger partial charge >= 0.3 is 0 Å². The van der Waals surface area contributed by atoms with E-state index in [4.69, 9.17) is 0 Å². The van der Waals surface area contributed by atoms with Gasteiger partial charge in [-0.3, -0.25) is 4.40 Å². The first kappa shape index (κ1) is 6.85. The molecule has 0 amide bonds. The summed E-state index contributed by atoms with van der Waals surface area (Å²) >= 11 is 1.78. The van der Waals surface area contributed by atoms with Crippen LogP contribution in [0.2, 0.25) is 0 Å². The molecule has 0 aliphatic heterocycles. The molecule has 2 heterocycles. The lowest BCUT2D eigenvalue weighted by Crippen LogP contribution is -1.83. The van der Waals surface area contributed by atoms with Crippen molar-refractivity contribution < 1.29 is 0 Å². The van der Waals surface area contributed by atoms with E-state index >= 15 is 0 Å². The van der Waals surface area contributed by atoms with Gasteiger partial charge in [-0.2, -0.15) is 0 Å². The lowest BCUT2D eigenvalue weighted by Gasteiger charge is -1.90. The molecule has 11 heavy (non-hydrogen) atoms. The molecular formula is C8H10N2S. The summed E-state index contributed by atoms with van der Waals surface area (Å²) in [5.74, 6) is 0.